The van der Waals surface area contributed by atoms with Crippen LogP contribution in [-0.4, -0.2) is 48.7 Å². The van der Waals surface area contributed by atoms with E-state index in [9.17, 15) is 4.79 Å². The van der Waals surface area contributed by atoms with Gasteiger partial charge in [-0.1, -0.05) is 0 Å². The van der Waals surface area contributed by atoms with Crippen LogP contribution in [0.2, 0.25) is 6.82 Å². The zero-order valence-electron chi connectivity index (χ0n) is 9.39. The molecule has 0 aliphatic carbocycles. The van der Waals surface area contributed by atoms with Crippen molar-refractivity contribution < 1.29 is 24.4 Å². The lowest BCUT2D eigenvalue weighted by atomic mass is 9.87. The fourth-order valence-electron chi connectivity index (χ4n) is 1.53. The average Bonchev–Trinajstić information content (AvgIpc) is 2.25. The number of aliphatic carboxylic acids is 1. The summed E-state index contributed by atoms with van der Waals surface area (Å²) in [7, 11) is -0.878. The molecule has 0 spiro atoms. The predicted octanol–water partition coefficient (Wildman–Crippen LogP) is -0.317. The van der Waals surface area contributed by atoms with Crippen molar-refractivity contribution in [3.05, 3.63) is 0 Å². The van der Waals surface area contributed by atoms with Gasteiger partial charge in [0, 0.05) is 6.61 Å². The van der Waals surface area contributed by atoms with Gasteiger partial charge >= 0.3 is 13.0 Å². The first-order valence-electron chi connectivity index (χ1n) is 5.49. The number of ether oxygens (including phenoxy) is 2. The van der Waals surface area contributed by atoms with Crippen LogP contribution in [0.3, 0.4) is 0 Å². The largest absolute Gasteiger partial charge is 0.480 e. The number of hydrogen-bond acceptors (Lipinski definition) is 5. The van der Waals surface area contributed by atoms with Gasteiger partial charge in [-0.05, 0) is 26.1 Å². The molecule has 1 rings (SSSR count). The Balaban J connectivity index is 2.28. The third kappa shape index (κ3) is 4.93. The van der Waals surface area contributed by atoms with Crippen LogP contribution >= 0.6 is 0 Å². The molecular weight excluding hydrogens is 213 g/mol. The molecule has 0 amide bonds. The summed E-state index contributed by atoms with van der Waals surface area (Å²) >= 11 is 0. The Morgan fingerprint density at radius 1 is 1.69 bits per heavy atom. The van der Waals surface area contributed by atoms with Gasteiger partial charge in [-0.3, -0.25) is 4.79 Å². The molecule has 3 N–H and O–H groups in total. The molecule has 0 aromatic carbocycles. The molecule has 0 radical (unpaired) electrons. The molecule has 1 unspecified atom stereocenters. The van der Waals surface area contributed by atoms with E-state index in [4.69, 9.17) is 19.6 Å². The van der Waals surface area contributed by atoms with E-state index in [2.05, 4.69) is 5.23 Å². The molecule has 16 heavy (non-hydrogen) atoms. The van der Waals surface area contributed by atoms with Gasteiger partial charge in [-0.25, -0.2) is 0 Å². The number of carbonyl (C=O) groups is 1. The van der Waals surface area contributed by atoms with Gasteiger partial charge in [0.25, 0.3) is 0 Å². The highest BCUT2D eigenvalue weighted by molar-refractivity contribution is 6.46. The van der Waals surface area contributed by atoms with Crippen molar-refractivity contribution in [3.63, 3.8) is 0 Å². The molecule has 0 aromatic heterocycles. The van der Waals surface area contributed by atoms with Gasteiger partial charge in [0.1, 0.15) is 6.04 Å². The van der Waals surface area contributed by atoms with Crippen LogP contribution in [0.1, 0.15) is 19.3 Å². The highest BCUT2D eigenvalue weighted by Crippen LogP contribution is 2.13. The van der Waals surface area contributed by atoms with Crippen LogP contribution in [0, 0.1) is 0 Å². The van der Waals surface area contributed by atoms with Crippen LogP contribution in [0.15, 0.2) is 0 Å². The van der Waals surface area contributed by atoms with Crippen LogP contribution in [0.25, 0.3) is 0 Å². The molecule has 6 nitrogen and oxygen atoms in total. The smallest absolute Gasteiger partial charge is 0.374 e. The topological polar surface area (TPSA) is 88.0 Å². The zero-order chi connectivity index (χ0) is 12.0. The molecule has 0 aromatic rings. The van der Waals surface area contributed by atoms with E-state index in [-0.39, 0.29) is 12.9 Å². The fraction of sp³-hybridized carbons (Fsp3) is 0.889. The van der Waals surface area contributed by atoms with E-state index in [1.165, 1.54) is 6.82 Å². The van der Waals surface area contributed by atoms with Crippen molar-refractivity contribution in [1.29, 1.82) is 0 Å². The zero-order valence-corrected chi connectivity index (χ0v) is 9.39. The molecule has 2 atom stereocenters. The molecule has 1 aliphatic heterocycles. The highest BCUT2D eigenvalue weighted by atomic mass is 16.7. The maximum atomic E-state index is 10.8. The third-order valence-corrected chi connectivity index (χ3v) is 2.33. The quantitative estimate of drug-likeness (QED) is 0.543. The van der Waals surface area contributed by atoms with Crippen molar-refractivity contribution >= 4 is 13.0 Å². The summed E-state index contributed by atoms with van der Waals surface area (Å²) in [6, 6.07) is -0.912. The Bertz CT molecular complexity index is 220. The predicted molar refractivity (Wildman–Crippen MR) is 57.9 cm³/mol. The van der Waals surface area contributed by atoms with Gasteiger partial charge in [-0.2, -0.15) is 0 Å². The van der Waals surface area contributed by atoms with Crippen molar-refractivity contribution in [2.24, 2.45) is 0 Å². The minimum absolute atomic E-state index is 0.00903. The second-order valence-electron chi connectivity index (χ2n) is 3.86. The third-order valence-electron chi connectivity index (χ3n) is 2.33. The van der Waals surface area contributed by atoms with Gasteiger partial charge < -0.3 is 24.8 Å². The van der Waals surface area contributed by atoms with Gasteiger partial charge in [-0.15, -0.1) is 0 Å². The molecule has 92 valence electrons. The van der Waals surface area contributed by atoms with Crippen molar-refractivity contribution in [2.45, 2.75) is 38.4 Å². The molecule has 0 bridgehead atoms. The number of carboxylic acids is 1. The lowest BCUT2D eigenvalue weighted by Gasteiger charge is -2.24. The minimum atomic E-state index is -1.04. The number of nitrogens with one attached hydrogen (secondary N) is 1. The lowest BCUT2D eigenvalue weighted by molar-refractivity contribution is -0.170. The monoisotopic (exact) mass is 231 g/mol. The summed E-state index contributed by atoms with van der Waals surface area (Å²) in [5.74, 6) is -1.04. The molecule has 1 fully saturated rings. The Hall–Kier alpha value is -0.625. The van der Waals surface area contributed by atoms with E-state index in [0.29, 0.717) is 6.61 Å². The Morgan fingerprint density at radius 3 is 2.94 bits per heavy atom. The van der Waals surface area contributed by atoms with E-state index >= 15 is 0 Å². The molecule has 1 heterocycles. The normalized spacial score (nSPS) is 22.8. The molecule has 1 aliphatic rings. The van der Waals surface area contributed by atoms with Crippen LogP contribution in [-0.2, 0) is 14.3 Å². The van der Waals surface area contributed by atoms with Crippen LogP contribution in [0.4, 0.5) is 0 Å². The standard InChI is InChI=1S/C9H18BNO5/c1-10(14)11-7(9(12)13)6-16-8-4-2-3-5-15-8/h7-8,11,14H,2-6H2,1H3,(H,12,13)/t7-,8?/m0/s1. The average molecular weight is 231 g/mol. The molecule has 7 heteroatoms. The first-order valence-corrected chi connectivity index (χ1v) is 5.49. The summed E-state index contributed by atoms with van der Waals surface area (Å²) in [4.78, 5) is 10.8. The van der Waals surface area contributed by atoms with E-state index < -0.39 is 19.1 Å². The summed E-state index contributed by atoms with van der Waals surface area (Å²) in [6.07, 6.45) is 2.54. The summed E-state index contributed by atoms with van der Waals surface area (Å²) in [5, 5.41) is 20.4. The fourth-order valence-corrected chi connectivity index (χ4v) is 1.53. The number of rotatable bonds is 6. The second-order valence-corrected chi connectivity index (χ2v) is 3.86. The van der Waals surface area contributed by atoms with Gasteiger partial charge in [0.15, 0.2) is 6.29 Å². The van der Waals surface area contributed by atoms with Gasteiger partial charge in [0.05, 0.1) is 6.61 Å². The summed E-state index contributed by atoms with van der Waals surface area (Å²) in [6.45, 7) is 2.12. The molecular formula is C9H18BNO5. The Kier molecular flexibility index (Phi) is 5.75. The molecule has 1 saturated heterocycles. The number of carboxylic acid groups (broad SMARTS) is 1. The number of hydrogen-bond donors (Lipinski definition) is 3. The first-order chi connectivity index (χ1) is 7.59. The maximum Gasteiger partial charge on any atom is 0.374 e. The summed E-state index contributed by atoms with van der Waals surface area (Å²) in [5.41, 5.74) is 0. The SMILES string of the molecule is CB(O)N[C@@H](COC1CCCCO1)C(=O)O. The van der Waals surface area contributed by atoms with Crippen LogP contribution < -0.4 is 5.23 Å². The van der Waals surface area contributed by atoms with Gasteiger partial charge in [0.2, 0.25) is 0 Å². The van der Waals surface area contributed by atoms with E-state index in [0.717, 1.165) is 19.3 Å². The van der Waals surface area contributed by atoms with E-state index in [1.807, 2.05) is 0 Å². The minimum Gasteiger partial charge on any atom is -0.480 e. The van der Waals surface area contributed by atoms with Crippen molar-refractivity contribution in [3.8, 4) is 0 Å². The Morgan fingerprint density at radius 2 is 2.44 bits per heavy atom. The Labute approximate surface area is 95.1 Å². The first kappa shape index (κ1) is 13.4. The van der Waals surface area contributed by atoms with E-state index in [1.54, 1.807) is 0 Å². The van der Waals surface area contributed by atoms with Crippen LogP contribution in [0.5, 0.6) is 0 Å². The maximum absolute atomic E-state index is 10.8. The van der Waals surface area contributed by atoms with Crippen molar-refractivity contribution in [2.75, 3.05) is 13.2 Å². The van der Waals surface area contributed by atoms with Crippen molar-refractivity contribution in [1.82, 2.24) is 5.23 Å². The lowest BCUT2D eigenvalue weighted by Crippen LogP contribution is -2.48. The molecule has 0 saturated carbocycles. The second kappa shape index (κ2) is 6.85. The highest BCUT2D eigenvalue weighted by Gasteiger charge is 2.23. The summed E-state index contributed by atoms with van der Waals surface area (Å²) < 4.78 is 10.6.